The van der Waals surface area contributed by atoms with Crippen LogP contribution in [0, 0.1) is 11.8 Å². The van der Waals surface area contributed by atoms with Crippen LogP contribution in [-0.4, -0.2) is 8.80 Å². The number of hydrogen-bond acceptors (Lipinski definition) is 0. The van der Waals surface area contributed by atoms with Gasteiger partial charge in [0.25, 0.3) is 0 Å². The first-order valence-electron chi connectivity index (χ1n) is 4.45. The molecule has 0 nitrogen and oxygen atoms in total. The van der Waals surface area contributed by atoms with Gasteiger partial charge in [-0.05, 0) is 30.2 Å². The van der Waals surface area contributed by atoms with Crippen LogP contribution in [-0.2, 0) is 0 Å². The molecule has 0 aromatic heterocycles. The largest absolute Gasteiger partial charge is 0.0851 e. The van der Waals surface area contributed by atoms with Crippen LogP contribution in [0.3, 0.4) is 0 Å². The summed E-state index contributed by atoms with van der Waals surface area (Å²) < 4.78 is 0. The first kappa shape index (κ1) is 6.65. The maximum atomic E-state index is 2.50. The van der Waals surface area contributed by atoms with Crippen molar-refractivity contribution >= 4 is 8.80 Å². The van der Waals surface area contributed by atoms with E-state index in [4.69, 9.17) is 0 Å². The number of fused-ring (bicyclic) bond motifs is 2. The highest BCUT2D eigenvalue weighted by Crippen LogP contribution is 2.48. The van der Waals surface area contributed by atoms with Gasteiger partial charge in [-0.15, -0.1) is 0 Å². The highest BCUT2D eigenvalue weighted by atomic mass is 28.3. The average molecular weight is 152 g/mol. The maximum absolute atomic E-state index is 2.50. The van der Waals surface area contributed by atoms with Gasteiger partial charge in [0, 0.05) is 8.80 Å². The summed E-state index contributed by atoms with van der Waals surface area (Å²) in [5.41, 5.74) is 1.15. The van der Waals surface area contributed by atoms with Crippen molar-refractivity contribution in [1.29, 1.82) is 0 Å². The molecule has 1 fully saturated rings. The molecule has 2 rings (SSSR count). The fourth-order valence-electron chi connectivity index (χ4n) is 2.59. The Morgan fingerprint density at radius 1 is 1.20 bits per heavy atom. The summed E-state index contributed by atoms with van der Waals surface area (Å²) in [6.45, 7) is 5.00. The van der Waals surface area contributed by atoms with Gasteiger partial charge in [0.15, 0.2) is 0 Å². The first-order chi connectivity index (χ1) is 4.77. The smallest absolute Gasteiger partial charge is 0.0344 e. The summed E-state index contributed by atoms with van der Waals surface area (Å²) in [4.78, 5) is 0. The van der Waals surface area contributed by atoms with Crippen molar-refractivity contribution in [3.05, 3.63) is 12.2 Å². The molecule has 0 spiro atoms. The zero-order valence-corrected chi connectivity index (χ0v) is 8.03. The minimum absolute atomic E-state index is 0.319. The number of allylic oxidation sites excluding steroid dienone is 2. The molecule has 0 N–H and O–H groups in total. The van der Waals surface area contributed by atoms with Crippen LogP contribution >= 0.6 is 0 Å². The molecule has 0 aromatic carbocycles. The predicted octanol–water partition coefficient (Wildman–Crippen LogP) is 2.44. The second-order valence-electron chi connectivity index (χ2n) is 4.19. The van der Waals surface area contributed by atoms with Crippen molar-refractivity contribution in [2.45, 2.75) is 31.5 Å². The monoisotopic (exact) mass is 152 g/mol. The predicted molar refractivity (Wildman–Crippen MR) is 48.0 cm³/mol. The van der Waals surface area contributed by atoms with Gasteiger partial charge >= 0.3 is 0 Å². The van der Waals surface area contributed by atoms with Crippen LogP contribution in [0.15, 0.2) is 12.2 Å². The second-order valence-corrected chi connectivity index (χ2v) is 7.53. The van der Waals surface area contributed by atoms with Crippen LogP contribution in [0.25, 0.3) is 0 Å². The molecule has 3 unspecified atom stereocenters. The van der Waals surface area contributed by atoms with Crippen molar-refractivity contribution in [2.75, 3.05) is 0 Å². The molecule has 2 aliphatic carbocycles. The fraction of sp³-hybridized carbons (Fsp3) is 0.778. The van der Waals surface area contributed by atoms with Crippen LogP contribution < -0.4 is 0 Å². The molecule has 0 aromatic rings. The molecule has 0 amide bonds. The zero-order chi connectivity index (χ0) is 7.14. The summed E-state index contributed by atoms with van der Waals surface area (Å²) in [5, 5.41) is 0. The lowest BCUT2D eigenvalue weighted by molar-refractivity contribution is 0.684. The fourth-order valence-corrected chi connectivity index (χ4v) is 4.76. The molecule has 1 saturated carbocycles. The molecule has 0 saturated heterocycles. The Hall–Kier alpha value is -0.0431. The van der Waals surface area contributed by atoms with Crippen molar-refractivity contribution < 1.29 is 0 Å². The van der Waals surface area contributed by atoms with Crippen LogP contribution in [0.2, 0.25) is 18.6 Å². The van der Waals surface area contributed by atoms with E-state index < -0.39 is 0 Å². The average Bonchev–Trinajstić information content (AvgIpc) is 2.44. The van der Waals surface area contributed by atoms with Gasteiger partial charge in [-0.2, -0.15) is 0 Å². The van der Waals surface area contributed by atoms with E-state index in [1.165, 1.54) is 12.8 Å². The minimum Gasteiger partial charge on any atom is -0.0851 e. The lowest BCUT2D eigenvalue weighted by atomic mass is 10.1. The third-order valence-corrected chi connectivity index (χ3v) is 5.67. The molecule has 2 aliphatic rings. The Balaban J connectivity index is 2.09. The standard InChI is InChI=1S/C9H16Si/c1-10(2)9-6-7-3-4-8(9)5-7/h3-4,7-10H,5-6H2,1-2H3. The Morgan fingerprint density at radius 2 is 2.00 bits per heavy atom. The van der Waals surface area contributed by atoms with Crippen molar-refractivity contribution in [2.24, 2.45) is 11.8 Å². The van der Waals surface area contributed by atoms with Gasteiger partial charge in [-0.1, -0.05) is 25.2 Å². The van der Waals surface area contributed by atoms with Gasteiger partial charge in [0.1, 0.15) is 0 Å². The summed E-state index contributed by atoms with van der Waals surface area (Å²) >= 11 is 0. The molecule has 0 aliphatic heterocycles. The SMILES string of the molecule is C[SiH](C)C1CC2C=CC1C2. The van der Waals surface area contributed by atoms with E-state index in [1.54, 1.807) is 0 Å². The molecular weight excluding hydrogens is 136 g/mol. The Labute approximate surface area is 64.9 Å². The van der Waals surface area contributed by atoms with Gasteiger partial charge in [0.05, 0.1) is 0 Å². The van der Waals surface area contributed by atoms with Crippen LogP contribution in [0.4, 0.5) is 0 Å². The maximum Gasteiger partial charge on any atom is 0.0344 e. The molecule has 2 bridgehead atoms. The lowest BCUT2D eigenvalue weighted by Crippen LogP contribution is -2.15. The zero-order valence-electron chi connectivity index (χ0n) is 6.88. The van der Waals surface area contributed by atoms with Gasteiger partial charge in [0.2, 0.25) is 0 Å². The summed E-state index contributed by atoms with van der Waals surface area (Å²) in [7, 11) is -0.319. The molecule has 1 heteroatoms. The third-order valence-electron chi connectivity index (χ3n) is 3.19. The van der Waals surface area contributed by atoms with Crippen LogP contribution in [0.1, 0.15) is 12.8 Å². The Morgan fingerprint density at radius 3 is 2.30 bits per heavy atom. The highest BCUT2D eigenvalue weighted by molar-refractivity contribution is 6.57. The van der Waals surface area contributed by atoms with Gasteiger partial charge in [-0.25, -0.2) is 0 Å². The summed E-state index contributed by atoms with van der Waals surface area (Å²) in [6.07, 6.45) is 7.95. The summed E-state index contributed by atoms with van der Waals surface area (Å²) in [5.74, 6) is 2.00. The van der Waals surface area contributed by atoms with Gasteiger partial charge in [-0.3, -0.25) is 0 Å². The number of hydrogen-bond donors (Lipinski definition) is 0. The molecule has 10 heavy (non-hydrogen) atoms. The molecule has 3 atom stereocenters. The van der Waals surface area contributed by atoms with E-state index in [2.05, 4.69) is 25.2 Å². The van der Waals surface area contributed by atoms with E-state index in [9.17, 15) is 0 Å². The summed E-state index contributed by atoms with van der Waals surface area (Å²) in [6, 6.07) is 0. The normalized spacial score (nSPS) is 43.7. The van der Waals surface area contributed by atoms with E-state index in [0.29, 0.717) is 0 Å². The quantitative estimate of drug-likeness (QED) is 0.400. The first-order valence-corrected chi connectivity index (χ1v) is 7.43. The Kier molecular flexibility index (Phi) is 1.48. The van der Waals surface area contributed by atoms with Crippen molar-refractivity contribution in [3.8, 4) is 0 Å². The minimum atomic E-state index is -0.319. The molecular formula is C9H16Si. The van der Waals surface area contributed by atoms with E-state index >= 15 is 0 Å². The van der Waals surface area contributed by atoms with Gasteiger partial charge < -0.3 is 0 Å². The highest BCUT2D eigenvalue weighted by Gasteiger charge is 2.36. The Bertz CT molecular complexity index is 160. The second kappa shape index (κ2) is 2.23. The molecule has 0 heterocycles. The number of rotatable bonds is 1. The molecule has 56 valence electrons. The van der Waals surface area contributed by atoms with E-state index in [-0.39, 0.29) is 8.80 Å². The van der Waals surface area contributed by atoms with Crippen molar-refractivity contribution in [1.82, 2.24) is 0 Å². The van der Waals surface area contributed by atoms with Crippen LogP contribution in [0.5, 0.6) is 0 Å². The van der Waals surface area contributed by atoms with E-state index in [0.717, 1.165) is 17.4 Å². The topological polar surface area (TPSA) is 0 Å². The lowest BCUT2D eigenvalue weighted by Gasteiger charge is -2.20. The van der Waals surface area contributed by atoms with Crippen molar-refractivity contribution in [3.63, 3.8) is 0 Å². The molecule has 0 radical (unpaired) electrons. The van der Waals surface area contributed by atoms with E-state index in [1.807, 2.05) is 0 Å². The third kappa shape index (κ3) is 0.877.